The third kappa shape index (κ3) is 2.81. The fourth-order valence-corrected chi connectivity index (χ4v) is 2.26. The zero-order valence-electron chi connectivity index (χ0n) is 12.0. The van der Waals surface area contributed by atoms with Crippen molar-refractivity contribution >= 4 is 0 Å². The summed E-state index contributed by atoms with van der Waals surface area (Å²) >= 11 is 0. The SMILES string of the molecule is CCc1nnc(C)cc1C(NC)c1cnn(CC)c1. The molecular formula is C14H21N5. The molecule has 0 fully saturated rings. The van der Waals surface area contributed by atoms with Gasteiger partial charge in [-0.2, -0.15) is 15.3 Å². The number of hydrogen-bond acceptors (Lipinski definition) is 4. The molecule has 0 aliphatic rings. The van der Waals surface area contributed by atoms with Gasteiger partial charge in [0.2, 0.25) is 0 Å². The van der Waals surface area contributed by atoms with E-state index in [0.29, 0.717) is 0 Å². The highest BCUT2D eigenvalue weighted by Crippen LogP contribution is 2.24. The van der Waals surface area contributed by atoms with Crippen molar-refractivity contribution in [3.05, 3.63) is 41.0 Å². The summed E-state index contributed by atoms with van der Waals surface area (Å²) in [6.45, 7) is 7.04. The van der Waals surface area contributed by atoms with Gasteiger partial charge in [-0.05, 0) is 38.9 Å². The Morgan fingerprint density at radius 3 is 2.68 bits per heavy atom. The molecular weight excluding hydrogens is 238 g/mol. The van der Waals surface area contributed by atoms with Gasteiger partial charge in [-0.1, -0.05) is 6.92 Å². The minimum absolute atomic E-state index is 0.115. The van der Waals surface area contributed by atoms with Crippen molar-refractivity contribution in [1.82, 2.24) is 25.3 Å². The van der Waals surface area contributed by atoms with E-state index in [1.165, 1.54) is 5.56 Å². The maximum atomic E-state index is 4.35. The number of aryl methyl sites for hydroxylation is 3. The zero-order chi connectivity index (χ0) is 13.8. The van der Waals surface area contributed by atoms with E-state index < -0.39 is 0 Å². The molecule has 102 valence electrons. The fourth-order valence-electron chi connectivity index (χ4n) is 2.26. The van der Waals surface area contributed by atoms with Crippen LogP contribution in [0.25, 0.3) is 0 Å². The van der Waals surface area contributed by atoms with Crippen molar-refractivity contribution in [2.75, 3.05) is 7.05 Å². The third-order valence-electron chi connectivity index (χ3n) is 3.27. The first-order chi connectivity index (χ1) is 9.19. The first-order valence-electron chi connectivity index (χ1n) is 6.72. The average Bonchev–Trinajstić information content (AvgIpc) is 2.89. The first-order valence-corrected chi connectivity index (χ1v) is 6.72. The first kappa shape index (κ1) is 13.7. The number of rotatable bonds is 5. The van der Waals surface area contributed by atoms with E-state index in [9.17, 15) is 0 Å². The molecule has 1 atom stereocenters. The Morgan fingerprint density at radius 2 is 2.11 bits per heavy atom. The molecule has 0 aliphatic carbocycles. The molecule has 19 heavy (non-hydrogen) atoms. The van der Waals surface area contributed by atoms with Gasteiger partial charge in [0.05, 0.1) is 23.6 Å². The topological polar surface area (TPSA) is 55.6 Å². The molecule has 2 aromatic rings. The number of aromatic nitrogens is 4. The highest BCUT2D eigenvalue weighted by molar-refractivity contribution is 5.32. The Labute approximate surface area is 114 Å². The van der Waals surface area contributed by atoms with E-state index in [-0.39, 0.29) is 6.04 Å². The Hall–Kier alpha value is -1.75. The number of nitrogens with zero attached hydrogens (tertiary/aromatic N) is 4. The minimum Gasteiger partial charge on any atom is -0.309 e. The predicted molar refractivity (Wildman–Crippen MR) is 75.0 cm³/mol. The van der Waals surface area contributed by atoms with Crippen LogP contribution in [-0.4, -0.2) is 27.0 Å². The highest BCUT2D eigenvalue weighted by atomic mass is 15.3. The van der Waals surface area contributed by atoms with E-state index in [1.807, 2.05) is 24.9 Å². The molecule has 1 unspecified atom stereocenters. The van der Waals surface area contributed by atoms with E-state index in [0.717, 1.165) is 29.9 Å². The predicted octanol–water partition coefficient (Wildman–Crippen LogP) is 1.87. The van der Waals surface area contributed by atoms with Gasteiger partial charge in [0.25, 0.3) is 0 Å². The molecule has 0 bridgehead atoms. The van der Waals surface area contributed by atoms with Crippen LogP contribution in [0.1, 0.15) is 42.4 Å². The average molecular weight is 259 g/mol. The molecule has 0 saturated carbocycles. The van der Waals surface area contributed by atoms with Crippen LogP contribution in [0, 0.1) is 6.92 Å². The quantitative estimate of drug-likeness (QED) is 0.890. The van der Waals surface area contributed by atoms with Crippen LogP contribution in [0.5, 0.6) is 0 Å². The van der Waals surface area contributed by atoms with Crippen LogP contribution in [-0.2, 0) is 13.0 Å². The molecule has 2 aromatic heterocycles. The van der Waals surface area contributed by atoms with Crippen molar-refractivity contribution in [3.63, 3.8) is 0 Å². The second-order valence-corrected chi connectivity index (χ2v) is 4.59. The Balaban J connectivity index is 2.43. The van der Waals surface area contributed by atoms with Crippen molar-refractivity contribution in [2.45, 2.75) is 39.8 Å². The summed E-state index contributed by atoms with van der Waals surface area (Å²) in [5.74, 6) is 0. The number of nitrogens with one attached hydrogen (secondary N) is 1. The zero-order valence-corrected chi connectivity index (χ0v) is 12.0. The second-order valence-electron chi connectivity index (χ2n) is 4.59. The molecule has 2 heterocycles. The summed E-state index contributed by atoms with van der Waals surface area (Å²) < 4.78 is 1.94. The summed E-state index contributed by atoms with van der Waals surface area (Å²) in [7, 11) is 1.96. The van der Waals surface area contributed by atoms with Gasteiger partial charge in [-0.3, -0.25) is 4.68 Å². The van der Waals surface area contributed by atoms with Gasteiger partial charge in [0.15, 0.2) is 0 Å². The molecule has 0 amide bonds. The molecule has 2 rings (SSSR count). The van der Waals surface area contributed by atoms with E-state index in [2.05, 4.69) is 46.7 Å². The highest BCUT2D eigenvalue weighted by Gasteiger charge is 2.18. The van der Waals surface area contributed by atoms with Crippen LogP contribution in [0.3, 0.4) is 0 Å². The molecule has 0 saturated heterocycles. The van der Waals surface area contributed by atoms with Gasteiger partial charge in [0.1, 0.15) is 0 Å². The third-order valence-corrected chi connectivity index (χ3v) is 3.27. The summed E-state index contributed by atoms with van der Waals surface area (Å²) in [6, 6.07) is 2.22. The molecule has 5 nitrogen and oxygen atoms in total. The van der Waals surface area contributed by atoms with E-state index >= 15 is 0 Å². The van der Waals surface area contributed by atoms with Crippen molar-refractivity contribution in [1.29, 1.82) is 0 Å². The normalized spacial score (nSPS) is 12.6. The van der Waals surface area contributed by atoms with Gasteiger partial charge in [-0.25, -0.2) is 0 Å². The standard InChI is InChI=1S/C14H21N5/c1-5-13-12(7-10(3)17-18-13)14(15-4)11-8-16-19(6-2)9-11/h7-9,14-15H,5-6H2,1-4H3. The van der Waals surface area contributed by atoms with Crippen LogP contribution in [0.15, 0.2) is 18.5 Å². The second kappa shape index (κ2) is 5.93. The minimum atomic E-state index is 0.115. The summed E-state index contributed by atoms with van der Waals surface area (Å²) in [5.41, 5.74) is 4.32. The summed E-state index contributed by atoms with van der Waals surface area (Å²) in [5, 5.41) is 16.1. The van der Waals surface area contributed by atoms with Gasteiger partial charge in [0, 0.05) is 18.3 Å². The lowest BCUT2D eigenvalue weighted by Crippen LogP contribution is -2.20. The molecule has 0 spiro atoms. The largest absolute Gasteiger partial charge is 0.309 e. The molecule has 0 aliphatic heterocycles. The fraction of sp³-hybridized carbons (Fsp3) is 0.500. The molecule has 1 N–H and O–H groups in total. The van der Waals surface area contributed by atoms with E-state index in [4.69, 9.17) is 0 Å². The van der Waals surface area contributed by atoms with Crippen LogP contribution in [0.4, 0.5) is 0 Å². The smallest absolute Gasteiger partial charge is 0.0679 e. The van der Waals surface area contributed by atoms with Crippen molar-refractivity contribution < 1.29 is 0 Å². The van der Waals surface area contributed by atoms with Gasteiger partial charge in [-0.15, -0.1) is 0 Å². The Kier molecular flexibility index (Phi) is 4.27. The molecule has 0 radical (unpaired) electrons. The summed E-state index contributed by atoms with van der Waals surface area (Å²) in [4.78, 5) is 0. The van der Waals surface area contributed by atoms with E-state index in [1.54, 1.807) is 0 Å². The van der Waals surface area contributed by atoms with Crippen molar-refractivity contribution in [2.24, 2.45) is 0 Å². The lowest BCUT2D eigenvalue weighted by Gasteiger charge is -2.17. The van der Waals surface area contributed by atoms with Crippen LogP contribution >= 0.6 is 0 Å². The Morgan fingerprint density at radius 1 is 1.32 bits per heavy atom. The lowest BCUT2D eigenvalue weighted by atomic mass is 9.99. The van der Waals surface area contributed by atoms with Crippen molar-refractivity contribution in [3.8, 4) is 0 Å². The van der Waals surface area contributed by atoms with Gasteiger partial charge >= 0.3 is 0 Å². The number of hydrogen-bond donors (Lipinski definition) is 1. The maximum absolute atomic E-state index is 4.35. The Bertz CT molecular complexity index is 547. The van der Waals surface area contributed by atoms with Gasteiger partial charge < -0.3 is 5.32 Å². The summed E-state index contributed by atoms with van der Waals surface area (Å²) in [6.07, 6.45) is 4.87. The van der Waals surface area contributed by atoms with Crippen LogP contribution < -0.4 is 5.32 Å². The monoisotopic (exact) mass is 259 g/mol. The molecule has 5 heteroatoms. The molecule has 0 aromatic carbocycles. The van der Waals surface area contributed by atoms with Crippen LogP contribution in [0.2, 0.25) is 0 Å². The lowest BCUT2D eigenvalue weighted by molar-refractivity contribution is 0.649. The maximum Gasteiger partial charge on any atom is 0.0679 e.